The number of rotatable bonds is 3. The molecule has 0 aromatic heterocycles. The number of amides is 1. The molecule has 1 aliphatic heterocycles. The molecule has 1 amide bonds. The Bertz CT molecular complexity index is 350. The van der Waals surface area contributed by atoms with E-state index in [0.717, 1.165) is 25.9 Å². The predicted octanol–water partition coefficient (Wildman–Crippen LogP) is 1.75. The van der Waals surface area contributed by atoms with Gasteiger partial charge in [0.25, 0.3) is 0 Å². The van der Waals surface area contributed by atoms with Crippen LogP contribution in [0.2, 0.25) is 0 Å². The minimum atomic E-state index is -0.712. The van der Waals surface area contributed by atoms with Gasteiger partial charge in [-0.2, -0.15) is 0 Å². The summed E-state index contributed by atoms with van der Waals surface area (Å²) in [5.41, 5.74) is 0. The van der Waals surface area contributed by atoms with Crippen LogP contribution >= 0.6 is 0 Å². The molecule has 0 aromatic carbocycles. The second-order valence-electron chi connectivity index (χ2n) is 6.15. The third kappa shape index (κ3) is 2.13. The lowest BCUT2D eigenvalue weighted by molar-refractivity contribution is -0.139. The Kier molecular flexibility index (Phi) is 3.04. The number of piperidine rings is 1. The number of hydrogen-bond donors (Lipinski definition) is 1. The molecule has 3 fully saturated rings. The summed E-state index contributed by atoms with van der Waals surface area (Å²) in [4.78, 5) is 25.0. The number of carbonyl (C=O) groups excluding carboxylic acids is 1. The average molecular weight is 251 g/mol. The van der Waals surface area contributed by atoms with Crippen LogP contribution in [-0.4, -0.2) is 35.0 Å². The van der Waals surface area contributed by atoms with Crippen LogP contribution in [0.5, 0.6) is 0 Å². The van der Waals surface area contributed by atoms with E-state index in [1.807, 2.05) is 4.90 Å². The largest absolute Gasteiger partial charge is 0.481 e. The zero-order chi connectivity index (χ0) is 12.7. The number of nitrogens with zero attached hydrogens (tertiary/aromatic N) is 1. The Morgan fingerprint density at radius 1 is 1.06 bits per heavy atom. The molecule has 0 bridgehead atoms. The van der Waals surface area contributed by atoms with E-state index in [9.17, 15) is 9.59 Å². The summed E-state index contributed by atoms with van der Waals surface area (Å²) in [5, 5.41) is 8.77. The quantitative estimate of drug-likeness (QED) is 0.831. The molecule has 0 spiro atoms. The van der Waals surface area contributed by atoms with Crippen molar-refractivity contribution in [2.75, 3.05) is 13.1 Å². The van der Waals surface area contributed by atoms with Gasteiger partial charge in [-0.25, -0.2) is 0 Å². The highest BCUT2D eigenvalue weighted by Crippen LogP contribution is 2.58. The van der Waals surface area contributed by atoms with E-state index in [0.29, 0.717) is 23.7 Å². The molecule has 0 aromatic rings. The van der Waals surface area contributed by atoms with Crippen LogP contribution in [-0.2, 0) is 9.59 Å². The molecule has 4 nitrogen and oxygen atoms in total. The maximum atomic E-state index is 12.3. The molecule has 1 heterocycles. The molecule has 100 valence electrons. The minimum Gasteiger partial charge on any atom is -0.481 e. The Morgan fingerprint density at radius 2 is 1.67 bits per heavy atom. The van der Waals surface area contributed by atoms with Crippen LogP contribution < -0.4 is 0 Å². The maximum absolute atomic E-state index is 12.3. The number of carbonyl (C=O) groups is 2. The minimum absolute atomic E-state index is 0.261. The van der Waals surface area contributed by atoms with E-state index in [2.05, 4.69) is 0 Å². The number of carboxylic acid groups (broad SMARTS) is 1. The summed E-state index contributed by atoms with van der Waals surface area (Å²) in [6.07, 6.45) is 5.78. The van der Waals surface area contributed by atoms with Crippen LogP contribution in [0.3, 0.4) is 0 Å². The van der Waals surface area contributed by atoms with Crippen LogP contribution in [0, 0.1) is 23.7 Å². The number of likely N-dealkylation sites (tertiary alicyclic amines) is 1. The topological polar surface area (TPSA) is 57.6 Å². The molecular weight excluding hydrogens is 230 g/mol. The third-order valence-corrected chi connectivity index (χ3v) is 5.08. The molecule has 0 radical (unpaired) electrons. The molecule has 2 aliphatic carbocycles. The van der Waals surface area contributed by atoms with Gasteiger partial charge in [0, 0.05) is 25.4 Å². The van der Waals surface area contributed by atoms with Gasteiger partial charge >= 0.3 is 5.97 Å². The Labute approximate surface area is 107 Å². The molecule has 3 rings (SSSR count). The Morgan fingerprint density at radius 3 is 2.22 bits per heavy atom. The lowest BCUT2D eigenvalue weighted by atomic mass is 9.93. The zero-order valence-electron chi connectivity index (χ0n) is 10.7. The van der Waals surface area contributed by atoms with E-state index in [1.165, 1.54) is 19.3 Å². The molecule has 2 saturated carbocycles. The second-order valence-corrected chi connectivity index (χ2v) is 6.15. The highest BCUT2D eigenvalue weighted by molar-refractivity contribution is 5.82. The van der Waals surface area contributed by atoms with Crippen molar-refractivity contribution in [2.45, 2.75) is 38.5 Å². The monoisotopic (exact) mass is 251 g/mol. The zero-order valence-corrected chi connectivity index (χ0v) is 10.7. The number of hydrogen-bond acceptors (Lipinski definition) is 2. The molecule has 3 aliphatic rings. The highest BCUT2D eigenvalue weighted by atomic mass is 16.4. The SMILES string of the molecule is O=C(O)CC1CCN(C(=O)C2C3CCCC32)CC1. The summed E-state index contributed by atoms with van der Waals surface area (Å²) < 4.78 is 0. The van der Waals surface area contributed by atoms with E-state index in [1.54, 1.807) is 0 Å². The average Bonchev–Trinajstić information content (AvgIpc) is 2.81. The molecular formula is C14H21NO3. The van der Waals surface area contributed by atoms with Gasteiger partial charge in [-0.05, 0) is 43.4 Å². The first-order chi connectivity index (χ1) is 8.66. The fourth-order valence-electron chi connectivity index (χ4n) is 4.00. The summed E-state index contributed by atoms with van der Waals surface area (Å²) >= 11 is 0. The first-order valence-electron chi connectivity index (χ1n) is 7.17. The number of carboxylic acids is 1. The standard InChI is InChI=1S/C14H21NO3/c16-12(17)8-9-4-6-15(7-5-9)14(18)13-10-2-1-3-11(10)13/h9-11,13H,1-8H2,(H,16,17). The van der Waals surface area contributed by atoms with Gasteiger partial charge in [0.2, 0.25) is 5.91 Å². The molecule has 2 atom stereocenters. The summed E-state index contributed by atoms with van der Waals surface area (Å²) in [6.45, 7) is 1.54. The second kappa shape index (κ2) is 4.56. The first kappa shape index (κ1) is 12.0. The lowest BCUT2D eigenvalue weighted by Crippen LogP contribution is -2.40. The molecule has 4 heteroatoms. The Hall–Kier alpha value is -1.06. The third-order valence-electron chi connectivity index (χ3n) is 5.08. The van der Waals surface area contributed by atoms with Crippen molar-refractivity contribution >= 4 is 11.9 Å². The molecule has 18 heavy (non-hydrogen) atoms. The van der Waals surface area contributed by atoms with Crippen LogP contribution in [0.25, 0.3) is 0 Å². The first-order valence-corrected chi connectivity index (χ1v) is 7.17. The van der Waals surface area contributed by atoms with Gasteiger partial charge in [-0.15, -0.1) is 0 Å². The fourth-order valence-corrected chi connectivity index (χ4v) is 4.00. The smallest absolute Gasteiger partial charge is 0.303 e. The van der Waals surface area contributed by atoms with E-state index >= 15 is 0 Å². The van der Waals surface area contributed by atoms with Crippen molar-refractivity contribution in [3.8, 4) is 0 Å². The van der Waals surface area contributed by atoms with E-state index < -0.39 is 5.97 Å². The van der Waals surface area contributed by atoms with Gasteiger partial charge in [0.1, 0.15) is 0 Å². The fraction of sp³-hybridized carbons (Fsp3) is 0.857. The van der Waals surface area contributed by atoms with E-state index in [-0.39, 0.29) is 12.3 Å². The lowest BCUT2D eigenvalue weighted by Gasteiger charge is -2.32. The summed E-state index contributed by atoms with van der Waals surface area (Å²) in [6, 6.07) is 0. The van der Waals surface area contributed by atoms with Gasteiger partial charge in [-0.1, -0.05) is 6.42 Å². The highest BCUT2D eigenvalue weighted by Gasteiger charge is 2.57. The van der Waals surface area contributed by atoms with Crippen molar-refractivity contribution in [2.24, 2.45) is 23.7 Å². The van der Waals surface area contributed by atoms with Crippen molar-refractivity contribution in [3.63, 3.8) is 0 Å². The summed E-state index contributed by atoms with van der Waals surface area (Å²) in [7, 11) is 0. The van der Waals surface area contributed by atoms with Gasteiger partial charge in [0.15, 0.2) is 0 Å². The normalized spacial score (nSPS) is 35.3. The van der Waals surface area contributed by atoms with Gasteiger partial charge < -0.3 is 10.0 Å². The van der Waals surface area contributed by atoms with Crippen molar-refractivity contribution < 1.29 is 14.7 Å². The molecule has 1 saturated heterocycles. The van der Waals surface area contributed by atoms with Crippen LogP contribution in [0.4, 0.5) is 0 Å². The number of aliphatic carboxylic acids is 1. The van der Waals surface area contributed by atoms with Crippen LogP contribution in [0.1, 0.15) is 38.5 Å². The van der Waals surface area contributed by atoms with Crippen molar-refractivity contribution in [3.05, 3.63) is 0 Å². The van der Waals surface area contributed by atoms with Crippen molar-refractivity contribution in [1.29, 1.82) is 0 Å². The van der Waals surface area contributed by atoms with Gasteiger partial charge in [0.05, 0.1) is 0 Å². The van der Waals surface area contributed by atoms with Crippen molar-refractivity contribution in [1.82, 2.24) is 4.90 Å². The van der Waals surface area contributed by atoms with Crippen LogP contribution in [0.15, 0.2) is 0 Å². The number of fused-ring (bicyclic) bond motifs is 1. The Balaban J connectivity index is 1.48. The summed E-state index contributed by atoms with van der Waals surface area (Å²) in [5.74, 6) is 1.62. The molecule has 1 N–H and O–H groups in total. The molecule has 2 unspecified atom stereocenters. The van der Waals surface area contributed by atoms with E-state index in [4.69, 9.17) is 5.11 Å². The maximum Gasteiger partial charge on any atom is 0.303 e. The predicted molar refractivity (Wildman–Crippen MR) is 65.9 cm³/mol. The van der Waals surface area contributed by atoms with Gasteiger partial charge in [-0.3, -0.25) is 9.59 Å².